The van der Waals surface area contributed by atoms with Crippen LogP contribution in [-0.2, 0) is 7.05 Å². The SMILES string of the molecule is Cn1ncc(C(=O)Nc2ccccc2O)c1N. The number of benzene rings is 1. The summed E-state index contributed by atoms with van der Waals surface area (Å²) in [7, 11) is 1.64. The van der Waals surface area contributed by atoms with Gasteiger partial charge in [0.05, 0.1) is 11.9 Å². The van der Waals surface area contributed by atoms with Crippen molar-refractivity contribution >= 4 is 17.4 Å². The Kier molecular flexibility index (Phi) is 2.70. The lowest BCUT2D eigenvalue weighted by molar-refractivity contribution is 0.102. The third-order valence-electron chi connectivity index (χ3n) is 2.38. The van der Waals surface area contributed by atoms with Crippen LogP contribution in [-0.4, -0.2) is 20.8 Å². The van der Waals surface area contributed by atoms with E-state index in [4.69, 9.17) is 5.73 Å². The number of phenolic OH excluding ortho intramolecular Hbond substituents is 1. The Morgan fingerprint density at radius 3 is 2.76 bits per heavy atom. The summed E-state index contributed by atoms with van der Waals surface area (Å²) in [5.41, 5.74) is 6.28. The van der Waals surface area contributed by atoms with E-state index < -0.39 is 5.91 Å². The van der Waals surface area contributed by atoms with E-state index in [1.165, 1.54) is 16.9 Å². The van der Waals surface area contributed by atoms with Crippen LogP contribution in [0.5, 0.6) is 5.75 Å². The number of aryl methyl sites for hydroxylation is 1. The van der Waals surface area contributed by atoms with Gasteiger partial charge < -0.3 is 16.2 Å². The van der Waals surface area contributed by atoms with Gasteiger partial charge >= 0.3 is 0 Å². The first-order valence-corrected chi connectivity index (χ1v) is 4.96. The van der Waals surface area contributed by atoms with Gasteiger partial charge in [0.25, 0.3) is 5.91 Å². The number of nitrogens with one attached hydrogen (secondary N) is 1. The average molecular weight is 232 g/mol. The van der Waals surface area contributed by atoms with Crippen LogP contribution in [0.2, 0.25) is 0 Å². The lowest BCUT2D eigenvalue weighted by Gasteiger charge is -2.06. The number of aromatic nitrogens is 2. The molecule has 1 aromatic heterocycles. The number of carbonyl (C=O) groups excluding carboxylic acids is 1. The fourth-order valence-corrected chi connectivity index (χ4v) is 1.39. The molecule has 6 heteroatoms. The molecule has 1 heterocycles. The predicted molar refractivity (Wildman–Crippen MR) is 63.7 cm³/mol. The molecule has 0 unspecified atom stereocenters. The van der Waals surface area contributed by atoms with E-state index in [9.17, 15) is 9.90 Å². The van der Waals surface area contributed by atoms with Crippen molar-refractivity contribution in [2.75, 3.05) is 11.1 Å². The number of phenols is 1. The Morgan fingerprint density at radius 1 is 1.47 bits per heavy atom. The molecule has 0 radical (unpaired) electrons. The molecule has 0 saturated heterocycles. The molecule has 4 N–H and O–H groups in total. The number of nitrogen functional groups attached to an aromatic ring is 1. The molecule has 88 valence electrons. The van der Waals surface area contributed by atoms with Gasteiger partial charge in [0.1, 0.15) is 17.1 Å². The number of anilines is 2. The third-order valence-corrected chi connectivity index (χ3v) is 2.38. The number of hydrogen-bond acceptors (Lipinski definition) is 4. The predicted octanol–water partition coefficient (Wildman–Crippen LogP) is 0.960. The minimum absolute atomic E-state index is 0.00307. The molecule has 1 amide bonds. The molecular formula is C11H12N4O2. The largest absolute Gasteiger partial charge is 0.506 e. The van der Waals surface area contributed by atoms with Crippen molar-refractivity contribution in [2.24, 2.45) is 7.05 Å². The summed E-state index contributed by atoms with van der Waals surface area (Å²) in [6.07, 6.45) is 1.38. The minimum Gasteiger partial charge on any atom is -0.506 e. The van der Waals surface area contributed by atoms with E-state index in [1.807, 2.05) is 0 Å². The number of aromatic hydroxyl groups is 1. The molecule has 0 fully saturated rings. The Bertz CT molecular complexity index is 562. The van der Waals surface area contributed by atoms with Crippen LogP contribution in [0.25, 0.3) is 0 Å². The van der Waals surface area contributed by atoms with Crippen LogP contribution in [0, 0.1) is 0 Å². The van der Waals surface area contributed by atoms with Crippen LogP contribution < -0.4 is 11.1 Å². The monoisotopic (exact) mass is 232 g/mol. The summed E-state index contributed by atoms with van der Waals surface area (Å²) < 4.78 is 1.40. The highest BCUT2D eigenvalue weighted by atomic mass is 16.3. The van der Waals surface area contributed by atoms with Gasteiger partial charge in [-0.25, -0.2) is 0 Å². The van der Waals surface area contributed by atoms with E-state index >= 15 is 0 Å². The van der Waals surface area contributed by atoms with Gasteiger partial charge in [0.15, 0.2) is 0 Å². The second kappa shape index (κ2) is 4.17. The van der Waals surface area contributed by atoms with E-state index in [0.717, 1.165) is 0 Å². The number of para-hydroxylation sites is 2. The molecule has 6 nitrogen and oxygen atoms in total. The zero-order valence-corrected chi connectivity index (χ0v) is 9.21. The van der Waals surface area contributed by atoms with Crippen LogP contribution in [0.3, 0.4) is 0 Å². The number of nitrogens with two attached hydrogens (primary N) is 1. The first kappa shape index (κ1) is 11.0. The standard InChI is InChI=1S/C11H12N4O2/c1-15-10(12)7(6-13-15)11(17)14-8-4-2-3-5-9(8)16/h2-6,16H,12H2,1H3,(H,14,17). The maximum atomic E-state index is 11.8. The summed E-state index contributed by atoms with van der Waals surface area (Å²) in [6.45, 7) is 0. The lowest BCUT2D eigenvalue weighted by atomic mass is 10.2. The number of carbonyl (C=O) groups is 1. The van der Waals surface area contributed by atoms with E-state index in [2.05, 4.69) is 10.4 Å². The average Bonchev–Trinajstić information content (AvgIpc) is 2.63. The van der Waals surface area contributed by atoms with Crippen molar-refractivity contribution in [1.29, 1.82) is 0 Å². The molecule has 0 atom stereocenters. The Morgan fingerprint density at radius 2 is 2.18 bits per heavy atom. The molecule has 1 aromatic carbocycles. The van der Waals surface area contributed by atoms with Crippen molar-refractivity contribution < 1.29 is 9.90 Å². The van der Waals surface area contributed by atoms with Crippen molar-refractivity contribution in [3.05, 3.63) is 36.0 Å². The summed E-state index contributed by atoms with van der Waals surface area (Å²) in [4.78, 5) is 11.8. The quantitative estimate of drug-likeness (QED) is 0.672. The highest BCUT2D eigenvalue weighted by Crippen LogP contribution is 2.22. The molecule has 2 rings (SSSR count). The summed E-state index contributed by atoms with van der Waals surface area (Å²) in [6, 6.07) is 6.47. The van der Waals surface area contributed by atoms with Gasteiger partial charge in [-0.1, -0.05) is 12.1 Å². The minimum atomic E-state index is -0.405. The molecule has 0 aliphatic carbocycles. The zero-order chi connectivity index (χ0) is 12.4. The number of amides is 1. The van der Waals surface area contributed by atoms with Gasteiger partial charge in [0.2, 0.25) is 0 Å². The number of hydrogen-bond donors (Lipinski definition) is 3. The summed E-state index contributed by atoms with van der Waals surface area (Å²) in [5.74, 6) is -0.127. The maximum Gasteiger partial charge on any atom is 0.261 e. The highest BCUT2D eigenvalue weighted by Gasteiger charge is 2.14. The topological polar surface area (TPSA) is 93.2 Å². The molecule has 17 heavy (non-hydrogen) atoms. The molecule has 0 bridgehead atoms. The fraction of sp³-hybridized carbons (Fsp3) is 0.0909. The maximum absolute atomic E-state index is 11.8. The second-order valence-electron chi connectivity index (χ2n) is 3.54. The number of rotatable bonds is 2. The van der Waals surface area contributed by atoms with Crippen molar-refractivity contribution in [3.63, 3.8) is 0 Å². The van der Waals surface area contributed by atoms with Gasteiger partial charge in [-0.05, 0) is 12.1 Å². The summed E-state index contributed by atoms with van der Waals surface area (Å²) >= 11 is 0. The highest BCUT2D eigenvalue weighted by molar-refractivity contribution is 6.07. The molecule has 0 aliphatic heterocycles. The molecular weight excluding hydrogens is 220 g/mol. The third kappa shape index (κ3) is 2.05. The van der Waals surface area contributed by atoms with E-state index in [-0.39, 0.29) is 17.1 Å². The first-order valence-electron chi connectivity index (χ1n) is 4.96. The zero-order valence-electron chi connectivity index (χ0n) is 9.21. The lowest BCUT2D eigenvalue weighted by Crippen LogP contribution is -2.13. The molecule has 2 aromatic rings. The Labute approximate surface area is 97.7 Å². The second-order valence-corrected chi connectivity index (χ2v) is 3.54. The van der Waals surface area contributed by atoms with Gasteiger partial charge in [-0.3, -0.25) is 9.48 Å². The van der Waals surface area contributed by atoms with Gasteiger partial charge in [-0.2, -0.15) is 5.10 Å². The van der Waals surface area contributed by atoms with Crippen LogP contribution in [0.4, 0.5) is 11.5 Å². The first-order chi connectivity index (χ1) is 8.09. The smallest absolute Gasteiger partial charge is 0.261 e. The van der Waals surface area contributed by atoms with Crippen molar-refractivity contribution in [3.8, 4) is 5.75 Å². The van der Waals surface area contributed by atoms with Crippen LogP contribution >= 0.6 is 0 Å². The number of nitrogens with zero attached hydrogens (tertiary/aromatic N) is 2. The Balaban J connectivity index is 2.23. The van der Waals surface area contributed by atoms with Crippen LogP contribution in [0.15, 0.2) is 30.5 Å². The summed E-state index contributed by atoms with van der Waals surface area (Å²) in [5, 5.41) is 15.9. The van der Waals surface area contributed by atoms with Crippen molar-refractivity contribution in [2.45, 2.75) is 0 Å². The van der Waals surface area contributed by atoms with Gasteiger partial charge in [0, 0.05) is 7.05 Å². The van der Waals surface area contributed by atoms with Crippen LogP contribution in [0.1, 0.15) is 10.4 Å². The fourth-order valence-electron chi connectivity index (χ4n) is 1.39. The van der Waals surface area contributed by atoms with E-state index in [0.29, 0.717) is 5.69 Å². The Hall–Kier alpha value is -2.50. The molecule has 0 aliphatic rings. The molecule has 0 saturated carbocycles. The van der Waals surface area contributed by atoms with Gasteiger partial charge in [-0.15, -0.1) is 0 Å². The van der Waals surface area contributed by atoms with Crippen molar-refractivity contribution in [1.82, 2.24) is 9.78 Å². The van der Waals surface area contributed by atoms with E-state index in [1.54, 1.807) is 25.2 Å². The normalized spacial score (nSPS) is 10.2. The molecule has 0 spiro atoms.